The van der Waals surface area contributed by atoms with Crippen molar-refractivity contribution in [2.24, 2.45) is 0 Å². The monoisotopic (exact) mass is 385 g/mol. The van der Waals surface area contributed by atoms with Gasteiger partial charge in [-0.25, -0.2) is 12.4 Å². The molecule has 1 heterocycles. The highest BCUT2D eigenvalue weighted by atomic mass is 32.2. The van der Waals surface area contributed by atoms with Gasteiger partial charge >= 0.3 is 0 Å². The van der Waals surface area contributed by atoms with Crippen molar-refractivity contribution in [1.29, 1.82) is 0 Å². The van der Waals surface area contributed by atoms with E-state index in [1.807, 2.05) is 36.4 Å². The predicted octanol–water partition coefficient (Wildman–Crippen LogP) is 5.80. The van der Waals surface area contributed by atoms with Gasteiger partial charge in [-0.15, -0.1) is 0 Å². The van der Waals surface area contributed by atoms with Crippen molar-refractivity contribution >= 4 is 42.6 Å². The van der Waals surface area contributed by atoms with Gasteiger partial charge in [0.2, 0.25) is 0 Å². The van der Waals surface area contributed by atoms with Crippen molar-refractivity contribution in [2.75, 3.05) is 0 Å². The van der Waals surface area contributed by atoms with Crippen LogP contribution in [0.5, 0.6) is 0 Å². The molecule has 4 heteroatoms. The van der Waals surface area contributed by atoms with Crippen LogP contribution in [0.25, 0.3) is 32.6 Å². The zero-order valence-electron chi connectivity index (χ0n) is 15.7. The number of rotatable bonds is 2. The summed E-state index contributed by atoms with van der Waals surface area (Å²) in [5, 5.41) is 4.06. The van der Waals surface area contributed by atoms with Crippen molar-refractivity contribution in [3.05, 3.63) is 90.0 Å². The van der Waals surface area contributed by atoms with Crippen LogP contribution in [0.3, 0.4) is 0 Å². The molecular weight excluding hydrogens is 366 g/mol. The molecule has 5 aromatic rings. The van der Waals surface area contributed by atoms with Crippen molar-refractivity contribution in [1.82, 2.24) is 3.97 Å². The summed E-state index contributed by atoms with van der Waals surface area (Å²) in [5.74, 6) is 0. The molecular formula is C24H19NO2S. The maximum Gasteiger partial charge on any atom is 0.268 e. The van der Waals surface area contributed by atoms with Gasteiger partial charge in [0.05, 0.1) is 15.9 Å². The molecule has 0 saturated heterocycles. The van der Waals surface area contributed by atoms with Crippen LogP contribution in [-0.4, -0.2) is 12.4 Å². The molecule has 0 aliphatic heterocycles. The molecule has 0 bridgehead atoms. The first-order valence-electron chi connectivity index (χ1n) is 9.21. The quantitative estimate of drug-likeness (QED) is 0.385. The van der Waals surface area contributed by atoms with E-state index in [1.54, 1.807) is 24.3 Å². The summed E-state index contributed by atoms with van der Waals surface area (Å²) < 4.78 is 28.6. The normalized spacial score (nSPS) is 12.2. The SMILES string of the molecule is Cc1cc2cc3c4ccccc4n(S(=O)(=O)c4ccccc4)c3cc2cc1C. The summed E-state index contributed by atoms with van der Waals surface area (Å²) in [5.41, 5.74) is 3.83. The fourth-order valence-electron chi connectivity index (χ4n) is 3.91. The molecule has 4 aromatic carbocycles. The van der Waals surface area contributed by atoms with Gasteiger partial charge in [-0.05, 0) is 66.1 Å². The molecule has 0 fully saturated rings. The van der Waals surface area contributed by atoms with Crippen LogP contribution in [0.4, 0.5) is 0 Å². The lowest BCUT2D eigenvalue weighted by Crippen LogP contribution is -2.12. The van der Waals surface area contributed by atoms with Crippen LogP contribution in [0.2, 0.25) is 0 Å². The van der Waals surface area contributed by atoms with Crippen LogP contribution in [-0.2, 0) is 10.0 Å². The molecule has 28 heavy (non-hydrogen) atoms. The number of aromatic nitrogens is 1. The zero-order valence-corrected chi connectivity index (χ0v) is 16.5. The van der Waals surface area contributed by atoms with Crippen LogP contribution < -0.4 is 0 Å². The lowest BCUT2D eigenvalue weighted by atomic mass is 10.0. The Morgan fingerprint density at radius 2 is 1.25 bits per heavy atom. The Kier molecular flexibility index (Phi) is 3.61. The molecule has 0 aliphatic rings. The largest absolute Gasteiger partial charge is 0.268 e. The van der Waals surface area contributed by atoms with Crippen molar-refractivity contribution in [2.45, 2.75) is 18.7 Å². The van der Waals surface area contributed by atoms with Gasteiger partial charge in [0, 0.05) is 10.8 Å². The number of aryl methyl sites for hydroxylation is 2. The third kappa shape index (κ3) is 2.38. The maximum atomic E-state index is 13.5. The fraction of sp³-hybridized carbons (Fsp3) is 0.0833. The third-order valence-corrected chi connectivity index (χ3v) is 7.22. The predicted molar refractivity (Wildman–Crippen MR) is 115 cm³/mol. The van der Waals surface area contributed by atoms with Crippen molar-refractivity contribution < 1.29 is 8.42 Å². The molecule has 0 amide bonds. The van der Waals surface area contributed by atoms with E-state index in [2.05, 4.69) is 32.0 Å². The summed E-state index contributed by atoms with van der Waals surface area (Å²) in [6.45, 7) is 4.18. The Balaban J connectivity index is 1.97. The maximum absolute atomic E-state index is 13.5. The summed E-state index contributed by atoms with van der Waals surface area (Å²) >= 11 is 0. The van der Waals surface area contributed by atoms with Crippen LogP contribution >= 0.6 is 0 Å². The van der Waals surface area contributed by atoms with Gasteiger partial charge in [0.25, 0.3) is 10.0 Å². The summed E-state index contributed by atoms with van der Waals surface area (Å²) in [7, 11) is -3.72. The molecule has 138 valence electrons. The molecule has 0 saturated carbocycles. The third-order valence-electron chi connectivity index (χ3n) is 5.48. The minimum atomic E-state index is -3.72. The number of benzene rings is 4. The Hall–Kier alpha value is -3.11. The highest BCUT2D eigenvalue weighted by Gasteiger charge is 2.23. The average molecular weight is 385 g/mol. The van der Waals surface area contributed by atoms with Crippen molar-refractivity contribution in [3.8, 4) is 0 Å². The smallest absolute Gasteiger partial charge is 0.233 e. The van der Waals surface area contributed by atoms with Crippen LogP contribution in [0, 0.1) is 13.8 Å². The van der Waals surface area contributed by atoms with Gasteiger partial charge in [0.1, 0.15) is 0 Å². The Labute approximate surface area is 163 Å². The molecule has 0 radical (unpaired) electrons. The zero-order chi connectivity index (χ0) is 19.5. The second kappa shape index (κ2) is 5.94. The van der Waals surface area contributed by atoms with Gasteiger partial charge in [-0.1, -0.05) is 48.5 Å². The van der Waals surface area contributed by atoms with Crippen LogP contribution in [0.1, 0.15) is 11.1 Å². The Bertz CT molecular complexity index is 1480. The summed E-state index contributed by atoms with van der Waals surface area (Å²) in [6.07, 6.45) is 0. The van der Waals surface area contributed by atoms with E-state index in [9.17, 15) is 8.42 Å². The van der Waals surface area contributed by atoms with E-state index < -0.39 is 10.0 Å². The highest BCUT2D eigenvalue weighted by Crippen LogP contribution is 2.35. The minimum absolute atomic E-state index is 0.290. The van der Waals surface area contributed by atoms with Gasteiger partial charge in [-0.2, -0.15) is 0 Å². The van der Waals surface area contributed by atoms with E-state index in [4.69, 9.17) is 0 Å². The molecule has 0 spiro atoms. The van der Waals surface area contributed by atoms with E-state index in [-0.39, 0.29) is 4.90 Å². The van der Waals surface area contributed by atoms with E-state index in [1.165, 1.54) is 15.1 Å². The van der Waals surface area contributed by atoms with Gasteiger partial charge < -0.3 is 0 Å². The van der Waals surface area contributed by atoms with Crippen LogP contribution in [0.15, 0.2) is 83.8 Å². The van der Waals surface area contributed by atoms with E-state index >= 15 is 0 Å². The lowest BCUT2D eigenvalue weighted by molar-refractivity contribution is 0.590. The van der Waals surface area contributed by atoms with Crippen molar-refractivity contribution in [3.63, 3.8) is 0 Å². The van der Waals surface area contributed by atoms with Gasteiger partial charge in [0.15, 0.2) is 0 Å². The minimum Gasteiger partial charge on any atom is -0.233 e. The second-order valence-electron chi connectivity index (χ2n) is 7.25. The Morgan fingerprint density at radius 3 is 1.96 bits per heavy atom. The van der Waals surface area contributed by atoms with E-state index in [0.29, 0.717) is 11.0 Å². The lowest BCUT2D eigenvalue weighted by Gasteiger charge is -2.10. The molecule has 3 nitrogen and oxygen atoms in total. The molecule has 0 aliphatic carbocycles. The number of nitrogens with zero attached hydrogens (tertiary/aromatic N) is 1. The first-order valence-corrected chi connectivity index (χ1v) is 10.7. The molecule has 5 rings (SSSR count). The molecule has 0 atom stereocenters. The number of hydrogen-bond donors (Lipinski definition) is 0. The first-order chi connectivity index (χ1) is 13.5. The fourth-order valence-corrected chi connectivity index (χ4v) is 5.45. The number of hydrogen-bond acceptors (Lipinski definition) is 2. The second-order valence-corrected chi connectivity index (χ2v) is 9.04. The standard InChI is InChI=1S/C24H19NO2S/c1-16-12-18-14-22-21-10-6-7-11-23(21)25(24(22)15-19(18)13-17(16)2)28(26,27)20-8-4-3-5-9-20/h3-15H,1-2H3. The molecule has 0 N–H and O–H groups in total. The summed E-state index contributed by atoms with van der Waals surface area (Å²) in [4.78, 5) is 0.290. The number of fused-ring (bicyclic) bond motifs is 4. The topological polar surface area (TPSA) is 39.1 Å². The molecule has 1 aromatic heterocycles. The highest BCUT2D eigenvalue weighted by molar-refractivity contribution is 7.90. The molecule has 0 unspecified atom stereocenters. The number of para-hydroxylation sites is 1. The average Bonchev–Trinajstić information content (AvgIpc) is 3.02. The van der Waals surface area contributed by atoms with Gasteiger partial charge in [-0.3, -0.25) is 0 Å². The Morgan fingerprint density at radius 1 is 0.643 bits per heavy atom. The summed E-state index contributed by atoms with van der Waals surface area (Å²) in [6, 6.07) is 24.7. The first kappa shape index (κ1) is 17.0. The van der Waals surface area contributed by atoms with E-state index in [0.717, 1.165) is 21.5 Å².